The molecule has 2 aromatic heterocycles. The molecule has 1 aliphatic heterocycles. The van der Waals surface area contributed by atoms with E-state index in [4.69, 9.17) is 0 Å². The van der Waals surface area contributed by atoms with Gasteiger partial charge in [0.05, 0.1) is 10.4 Å². The van der Waals surface area contributed by atoms with Crippen LogP contribution in [0.3, 0.4) is 0 Å². The molecule has 4 aromatic rings. The Balaban J connectivity index is 1.48. The van der Waals surface area contributed by atoms with Gasteiger partial charge in [0.25, 0.3) is 0 Å². The van der Waals surface area contributed by atoms with Gasteiger partial charge in [0.1, 0.15) is 17.3 Å². The first-order valence-corrected chi connectivity index (χ1v) is 11.0. The zero-order chi connectivity index (χ0) is 23.8. The second kappa shape index (κ2) is 8.57. The zero-order valence-electron chi connectivity index (χ0n) is 18.6. The number of aromatic nitrogens is 2. The van der Waals surface area contributed by atoms with E-state index >= 15 is 0 Å². The van der Waals surface area contributed by atoms with Gasteiger partial charge < -0.3 is 9.47 Å². The van der Waals surface area contributed by atoms with E-state index in [1.807, 2.05) is 23.1 Å². The Morgan fingerprint density at radius 1 is 1.06 bits per heavy atom. The molecule has 0 bridgehead atoms. The number of aryl methyl sites for hydroxylation is 1. The molecule has 2 aromatic carbocycles. The molecular formula is C25H22N6O3. The number of rotatable bonds is 4. The van der Waals surface area contributed by atoms with E-state index in [0.717, 1.165) is 6.54 Å². The summed E-state index contributed by atoms with van der Waals surface area (Å²) in [6, 6.07) is 19.7. The molecule has 170 valence electrons. The predicted molar refractivity (Wildman–Crippen MR) is 130 cm³/mol. The first-order valence-electron chi connectivity index (χ1n) is 11.0. The second-order valence-electron chi connectivity index (χ2n) is 8.40. The first-order chi connectivity index (χ1) is 16.5. The van der Waals surface area contributed by atoms with E-state index in [1.165, 1.54) is 34.0 Å². The van der Waals surface area contributed by atoms with E-state index in [1.54, 1.807) is 6.07 Å². The lowest BCUT2D eigenvalue weighted by atomic mass is 10.0. The monoisotopic (exact) mass is 454 g/mol. The number of nitro groups is 1. The van der Waals surface area contributed by atoms with Crippen molar-refractivity contribution in [1.29, 1.82) is 5.26 Å². The van der Waals surface area contributed by atoms with Crippen molar-refractivity contribution >= 4 is 33.2 Å². The van der Waals surface area contributed by atoms with Crippen molar-refractivity contribution in [2.24, 2.45) is 7.05 Å². The van der Waals surface area contributed by atoms with Crippen LogP contribution < -0.4 is 10.5 Å². The number of fused-ring (bicyclic) bond motifs is 2. The van der Waals surface area contributed by atoms with Gasteiger partial charge in [-0.2, -0.15) is 5.26 Å². The highest BCUT2D eigenvalue weighted by Crippen LogP contribution is 2.33. The Morgan fingerprint density at radius 2 is 1.79 bits per heavy atom. The predicted octanol–water partition coefficient (Wildman–Crippen LogP) is 3.19. The molecule has 9 heteroatoms. The molecule has 5 rings (SSSR count). The SMILES string of the molecule is Cn1c(=O)c([N+](=O)[O-])c(N2CCN(Cc3cccc4ccccc34)CC2)c2nc(C#N)ccc21. The maximum atomic E-state index is 12.9. The van der Waals surface area contributed by atoms with Gasteiger partial charge >= 0.3 is 11.2 Å². The van der Waals surface area contributed by atoms with E-state index in [2.05, 4.69) is 40.2 Å². The fraction of sp³-hybridized carbons (Fsp3) is 0.240. The number of hydrogen-bond acceptors (Lipinski definition) is 7. The molecule has 0 saturated carbocycles. The fourth-order valence-corrected chi connectivity index (χ4v) is 4.71. The molecule has 0 aliphatic carbocycles. The quantitative estimate of drug-likeness (QED) is 0.344. The zero-order valence-corrected chi connectivity index (χ0v) is 18.6. The number of pyridine rings is 2. The summed E-state index contributed by atoms with van der Waals surface area (Å²) in [5.41, 5.74) is 1.16. The summed E-state index contributed by atoms with van der Waals surface area (Å²) in [6.45, 7) is 3.13. The Morgan fingerprint density at radius 3 is 2.53 bits per heavy atom. The van der Waals surface area contributed by atoms with Gasteiger partial charge in [-0.1, -0.05) is 42.5 Å². The van der Waals surface area contributed by atoms with Gasteiger partial charge in [0.15, 0.2) is 5.69 Å². The maximum absolute atomic E-state index is 12.9. The molecular weight excluding hydrogens is 432 g/mol. The summed E-state index contributed by atoms with van der Waals surface area (Å²) >= 11 is 0. The molecule has 0 N–H and O–H groups in total. The average Bonchev–Trinajstić information content (AvgIpc) is 2.86. The van der Waals surface area contributed by atoms with E-state index in [0.29, 0.717) is 37.2 Å². The van der Waals surface area contributed by atoms with Crippen LogP contribution in [-0.4, -0.2) is 45.6 Å². The number of benzene rings is 2. The molecule has 0 radical (unpaired) electrons. The van der Waals surface area contributed by atoms with Gasteiger partial charge in [-0.3, -0.25) is 19.8 Å². The molecule has 3 heterocycles. The minimum Gasteiger partial charge on any atom is -0.361 e. The van der Waals surface area contributed by atoms with E-state index in [9.17, 15) is 20.2 Å². The summed E-state index contributed by atoms with van der Waals surface area (Å²) in [5.74, 6) is 0. The molecule has 1 fully saturated rings. The maximum Gasteiger partial charge on any atom is 0.359 e. The highest BCUT2D eigenvalue weighted by atomic mass is 16.6. The van der Waals surface area contributed by atoms with Crippen molar-refractivity contribution in [3.63, 3.8) is 0 Å². The molecule has 34 heavy (non-hydrogen) atoms. The fourth-order valence-electron chi connectivity index (χ4n) is 4.71. The summed E-state index contributed by atoms with van der Waals surface area (Å²) in [5, 5.41) is 23.7. The molecule has 1 saturated heterocycles. The van der Waals surface area contributed by atoms with Gasteiger partial charge in [0.2, 0.25) is 0 Å². The lowest BCUT2D eigenvalue weighted by Crippen LogP contribution is -2.46. The van der Waals surface area contributed by atoms with Crippen LogP contribution in [0.1, 0.15) is 11.3 Å². The Labute approximate surface area is 195 Å². The highest BCUT2D eigenvalue weighted by molar-refractivity contribution is 5.94. The Bertz CT molecular complexity index is 1520. The molecule has 9 nitrogen and oxygen atoms in total. The number of piperazine rings is 1. The average molecular weight is 454 g/mol. The number of nitriles is 1. The van der Waals surface area contributed by atoms with Crippen molar-refractivity contribution in [1.82, 2.24) is 14.5 Å². The van der Waals surface area contributed by atoms with E-state index in [-0.39, 0.29) is 11.4 Å². The van der Waals surface area contributed by atoms with Crippen LogP contribution in [0.5, 0.6) is 0 Å². The van der Waals surface area contributed by atoms with Crippen molar-refractivity contribution in [2.75, 3.05) is 31.1 Å². The van der Waals surface area contributed by atoms with Crippen molar-refractivity contribution < 1.29 is 4.92 Å². The summed E-state index contributed by atoms with van der Waals surface area (Å²) in [7, 11) is 1.48. The van der Waals surface area contributed by atoms with Crippen LogP contribution in [0.2, 0.25) is 0 Å². The topological polar surface area (TPSA) is 108 Å². The molecule has 0 atom stereocenters. The van der Waals surface area contributed by atoms with Gasteiger partial charge in [0, 0.05) is 39.8 Å². The Hall–Kier alpha value is -4.29. The summed E-state index contributed by atoms with van der Waals surface area (Å²) in [6.07, 6.45) is 0. The van der Waals surface area contributed by atoms with Crippen molar-refractivity contribution in [3.8, 4) is 6.07 Å². The highest BCUT2D eigenvalue weighted by Gasteiger charge is 2.31. The minimum absolute atomic E-state index is 0.149. The number of nitrogens with zero attached hydrogens (tertiary/aromatic N) is 6. The normalized spacial score (nSPS) is 14.4. The third kappa shape index (κ3) is 3.64. The molecule has 0 spiro atoms. The van der Waals surface area contributed by atoms with Crippen molar-refractivity contribution in [2.45, 2.75) is 6.54 Å². The van der Waals surface area contributed by atoms with Crippen LogP contribution in [0.15, 0.2) is 59.4 Å². The number of anilines is 1. The third-order valence-electron chi connectivity index (χ3n) is 6.45. The smallest absolute Gasteiger partial charge is 0.359 e. The van der Waals surface area contributed by atoms with Gasteiger partial charge in [-0.15, -0.1) is 0 Å². The minimum atomic E-state index is -0.683. The standard InChI is InChI=1S/C25H22N6O3/c1-28-21-10-9-19(15-26)27-22(21)23(24(25(28)32)31(33)34)30-13-11-29(12-14-30)16-18-7-4-6-17-5-2-3-8-20(17)18/h2-10H,11-14,16H2,1H3. The lowest BCUT2D eigenvalue weighted by molar-refractivity contribution is -0.385. The van der Waals surface area contributed by atoms with Crippen LogP contribution >= 0.6 is 0 Å². The van der Waals surface area contributed by atoms with Crippen LogP contribution in [0, 0.1) is 21.4 Å². The molecule has 0 amide bonds. The first kappa shape index (κ1) is 21.6. The molecule has 1 aliphatic rings. The summed E-state index contributed by atoms with van der Waals surface area (Å²) < 4.78 is 1.22. The Kier molecular flexibility index (Phi) is 5.43. The third-order valence-corrected chi connectivity index (χ3v) is 6.45. The van der Waals surface area contributed by atoms with Crippen LogP contribution in [0.4, 0.5) is 11.4 Å². The largest absolute Gasteiger partial charge is 0.361 e. The second-order valence-corrected chi connectivity index (χ2v) is 8.40. The van der Waals surface area contributed by atoms with Crippen LogP contribution in [0.25, 0.3) is 21.8 Å². The lowest BCUT2D eigenvalue weighted by Gasteiger charge is -2.36. The van der Waals surface area contributed by atoms with E-state index < -0.39 is 16.2 Å². The van der Waals surface area contributed by atoms with Crippen LogP contribution in [-0.2, 0) is 13.6 Å². The van der Waals surface area contributed by atoms with Gasteiger partial charge in [-0.05, 0) is 28.5 Å². The summed E-state index contributed by atoms with van der Waals surface area (Å²) in [4.78, 5) is 32.7. The molecule has 0 unspecified atom stereocenters. The van der Waals surface area contributed by atoms with Gasteiger partial charge in [-0.25, -0.2) is 4.98 Å². The number of hydrogen-bond donors (Lipinski definition) is 0. The van der Waals surface area contributed by atoms with Crippen molar-refractivity contribution in [3.05, 3.63) is 86.3 Å².